The Morgan fingerprint density at radius 3 is 2.37 bits per heavy atom. The minimum absolute atomic E-state index is 0.615. The number of unbranched alkanes of at least 4 members (excludes halogenated alkanes) is 1. The predicted molar refractivity (Wildman–Crippen MR) is 122 cm³/mol. The Kier molecular flexibility index (Phi) is 6.33. The summed E-state index contributed by atoms with van der Waals surface area (Å²) in [6.45, 7) is 7.59. The molecule has 4 rings (SSSR count). The summed E-state index contributed by atoms with van der Waals surface area (Å²) in [4.78, 5) is 4.93. The Bertz CT molecular complexity index is 1090. The Balaban J connectivity index is 1.66. The molecule has 4 heteroatoms. The zero-order valence-electron chi connectivity index (χ0n) is 17.4. The number of hydrogen-bond acceptors (Lipinski definition) is 3. The summed E-state index contributed by atoms with van der Waals surface area (Å²) < 4.78 is 14.0. The second-order valence-corrected chi connectivity index (χ2v) is 7.23. The molecule has 0 N–H and O–H groups in total. The highest BCUT2D eigenvalue weighted by molar-refractivity contribution is 5.82. The van der Waals surface area contributed by atoms with Gasteiger partial charge in [-0.05, 0) is 68.3 Å². The van der Waals surface area contributed by atoms with E-state index in [1.165, 1.54) is 0 Å². The molecule has 0 amide bonds. The average molecular weight is 400 g/mol. The second-order valence-electron chi connectivity index (χ2n) is 7.23. The van der Waals surface area contributed by atoms with E-state index in [9.17, 15) is 0 Å². The number of imidazole rings is 1. The normalized spacial score (nSPS) is 11.0. The molecule has 0 saturated heterocycles. The first-order valence-electron chi connectivity index (χ1n) is 10.5. The number of para-hydroxylation sites is 1. The number of aryl methyl sites for hydroxylation is 1. The van der Waals surface area contributed by atoms with Crippen LogP contribution in [0.3, 0.4) is 0 Å². The standard InChI is InChI=1S/C26H27N2O2/c1-3-5-17-28-25-19-23(29-18-4-2)15-16-24(25)27-26(28)20-11-13-22(14-12-20)30-21-9-7-6-8-10-21/h6-16,19H,2-5,17-18H2,1H3. The summed E-state index contributed by atoms with van der Waals surface area (Å²) in [6.07, 6.45) is 2.97. The van der Waals surface area contributed by atoms with Crippen LogP contribution in [0, 0.1) is 6.92 Å². The van der Waals surface area contributed by atoms with Crippen molar-refractivity contribution in [2.45, 2.75) is 32.7 Å². The van der Waals surface area contributed by atoms with Crippen molar-refractivity contribution in [2.75, 3.05) is 6.61 Å². The van der Waals surface area contributed by atoms with Gasteiger partial charge in [0.25, 0.3) is 0 Å². The van der Waals surface area contributed by atoms with Crippen LogP contribution in [0.5, 0.6) is 17.2 Å². The minimum Gasteiger partial charge on any atom is -0.494 e. The van der Waals surface area contributed by atoms with Crippen LogP contribution in [0.25, 0.3) is 22.4 Å². The molecule has 0 spiro atoms. The number of benzene rings is 3. The molecule has 0 bridgehead atoms. The van der Waals surface area contributed by atoms with E-state index in [0.29, 0.717) is 6.61 Å². The zero-order chi connectivity index (χ0) is 20.8. The zero-order valence-corrected chi connectivity index (χ0v) is 17.4. The summed E-state index contributed by atoms with van der Waals surface area (Å²) in [7, 11) is 0. The molecule has 0 unspecified atom stereocenters. The van der Waals surface area contributed by atoms with Crippen molar-refractivity contribution in [1.29, 1.82) is 0 Å². The highest BCUT2D eigenvalue weighted by Gasteiger charge is 2.14. The van der Waals surface area contributed by atoms with Gasteiger partial charge in [-0.1, -0.05) is 31.5 Å². The number of rotatable bonds is 9. The van der Waals surface area contributed by atoms with E-state index in [2.05, 4.69) is 36.6 Å². The molecule has 0 atom stereocenters. The van der Waals surface area contributed by atoms with Crippen LogP contribution in [0.2, 0.25) is 0 Å². The molecule has 153 valence electrons. The summed E-state index contributed by atoms with van der Waals surface area (Å²) >= 11 is 0. The quantitative estimate of drug-likeness (QED) is 0.307. The van der Waals surface area contributed by atoms with Crippen molar-refractivity contribution in [1.82, 2.24) is 9.55 Å². The summed E-state index contributed by atoms with van der Waals surface area (Å²) in [5.41, 5.74) is 3.15. The topological polar surface area (TPSA) is 36.3 Å². The highest BCUT2D eigenvalue weighted by atomic mass is 16.5. The third kappa shape index (κ3) is 4.48. The van der Waals surface area contributed by atoms with Crippen LogP contribution in [0.4, 0.5) is 0 Å². The lowest BCUT2D eigenvalue weighted by molar-refractivity contribution is 0.324. The molecule has 4 aromatic rings. The maximum Gasteiger partial charge on any atom is 0.141 e. The van der Waals surface area contributed by atoms with E-state index in [4.69, 9.17) is 14.5 Å². The smallest absolute Gasteiger partial charge is 0.141 e. The third-order valence-corrected chi connectivity index (χ3v) is 4.96. The lowest BCUT2D eigenvalue weighted by atomic mass is 10.2. The second kappa shape index (κ2) is 9.49. The number of nitrogens with zero attached hydrogens (tertiary/aromatic N) is 2. The van der Waals surface area contributed by atoms with Crippen molar-refractivity contribution in [3.63, 3.8) is 0 Å². The molecule has 30 heavy (non-hydrogen) atoms. The molecule has 0 fully saturated rings. The molecule has 3 aromatic carbocycles. The van der Waals surface area contributed by atoms with Gasteiger partial charge in [-0.15, -0.1) is 0 Å². The monoisotopic (exact) mass is 399 g/mol. The van der Waals surface area contributed by atoms with Crippen LogP contribution < -0.4 is 9.47 Å². The first-order chi connectivity index (χ1) is 14.8. The number of aromatic nitrogens is 2. The van der Waals surface area contributed by atoms with Crippen molar-refractivity contribution in [3.8, 4) is 28.6 Å². The molecular weight excluding hydrogens is 372 g/mol. The van der Waals surface area contributed by atoms with E-state index >= 15 is 0 Å². The summed E-state index contributed by atoms with van der Waals surface area (Å²) in [6, 6.07) is 24.1. The van der Waals surface area contributed by atoms with Gasteiger partial charge in [-0.2, -0.15) is 0 Å². The maximum atomic E-state index is 5.93. The molecular formula is C26H27N2O2. The SMILES string of the molecule is [CH2]CCOc1ccc2nc(-c3ccc(Oc4ccccc4)cc3)n(CCCC)c2c1. The van der Waals surface area contributed by atoms with Gasteiger partial charge in [0.05, 0.1) is 17.6 Å². The summed E-state index contributed by atoms with van der Waals surface area (Å²) in [5, 5.41) is 0. The maximum absolute atomic E-state index is 5.93. The predicted octanol–water partition coefficient (Wildman–Crippen LogP) is 6.90. The largest absolute Gasteiger partial charge is 0.494 e. The van der Waals surface area contributed by atoms with Crippen molar-refractivity contribution < 1.29 is 9.47 Å². The van der Waals surface area contributed by atoms with Crippen molar-refractivity contribution in [2.24, 2.45) is 0 Å². The molecule has 1 heterocycles. The number of hydrogen-bond donors (Lipinski definition) is 0. The average Bonchev–Trinajstić information content (AvgIpc) is 3.15. The van der Waals surface area contributed by atoms with Crippen LogP contribution in [0.15, 0.2) is 72.8 Å². The Hall–Kier alpha value is -3.27. The first-order valence-corrected chi connectivity index (χ1v) is 10.5. The van der Waals surface area contributed by atoms with Gasteiger partial charge in [-0.3, -0.25) is 0 Å². The van der Waals surface area contributed by atoms with E-state index in [0.717, 1.165) is 65.5 Å². The van der Waals surface area contributed by atoms with Gasteiger partial charge >= 0.3 is 0 Å². The Labute approximate surface area is 178 Å². The fourth-order valence-corrected chi connectivity index (χ4v) is 3.44. The van der Waals surface area contributed by atoms with Crippen LogP contribution in [-0.4, -0.2) is 16.2 Å². The minimum atomic E-state index is 0.615. The number of fused-ring (bicyclic) bond motifs is 1. The van der Waals surface area contributed by atoms with Gasteiger partial charge in [0.2, 0.25) is 0 Å². The van der Waals surface area contributed by atoms with E-state index in [-0.39, 0.29) is 0 Å². The highest BCUT2D eigenvalue weighted by Crippen LogP contribution is 2.30. The summed E-state index contributed by atoms with van der Waals surface area (Å²) in [5.74, 6) is 3.47. The Morgan fingerprint density at radius 1 is 0.900 bits per heavy atom. The molecule has 0 aliphatic heterocycles. The Morgan fingerprint density at radius 2 is 1.63 bits per heavy atom. The van der Waals surface area contributed by atoms with Gasteiger partial charge in [0.1, 0.15) is 23.1 Å². The van der Waals surface area contributed by atoms with Crippen LogP contribution >= 0.6 is 0 Å². The van der Waals surface area contributed by atoms with Gasteiger partial charge in [0, 0.05) is 18.2 Å². The first kappa shape index (κ1) is 20.0. The van der Waals surface area contributed by atoms with Crippen LogP contribution in [0.1, 0.15) is 26.2 Å². The fourth-order valence-electron chi connectivity index (χ4n) is 3.44. The molecule has 0 saturated carbocycles. The molecule has 0 aliphatic carbocycles. The lowest BCUT2D eigenvalue weighted by Crippen LogP contribution is -2.01. The van der Waals surface area contributed by atoms with E-state index < -0.39 is 0 Å². The van der Waals surface area contributed by atoms with E-state index in [1.54, 1.807) is 0 Å². The van der Waals surface area contributed by atoms with Gasteiger partial charge < -0.3 is 14.0 Å². The van der Waals surface area contributed by atoms with Crippen molar-refractivity contribution in [3.05, 3.63) is 79.7 Å². The molecule has 1 radical (unpaired) electrons. The molecule has 1 aromatic heterocycles. The van der Waals surface area contributed by atoms with E-state index in [1.807, 2.05) is 54.6 Å². The van der Waals surface area contributed by atoms with Crippen LogP contribution in [-0.2, 0) is 6.54 Å². The molecule has 4 nitrogen and oxygen atoms in total. The molecule has 0 aliphatic rings. The third-order valence-electron chi connectivity index (χ3n) is 4.96. The van der Waals surface area contributed by atoms with Gasteiger partial charge in [0.15, 0.2) is 0 Å². The van der Waals surface area contributed by atoms with Gasteiger partial charge in [-0.25, -0.2) is 4.98 Å². The fraction of sp³-hybridized carbons (Fsp3) is 0.231. The van der Waals surface area contributed by atoms with Crippen molar-refractivity contribution >= 4 is 11.0 Å². The number of ether oxygens (including phenoxy) is 2. The lowest BCUT2D eigenvalue weighted by Gasteiger charge is -2.11.